The van der Waals surface area contributed by atoms with Crippen LogP contribution in [0.3, 0.4) is 0 Å². The van der Waals surface area contributed by atoms with Gasteiger partial charge in [-0.25, -0.2) is 0 Å². The molecule has 0 radical (unpaired) electrons. The standard InChI is InChI=1S/C23H38/c1-6-17-11-20-21-12-18-9-7-8-10-19(18)15(4)23(21)16(5)22(20)14(3)13(17)2/h13-15,17-23H,5-12H2,1-4H3/t13?,14?,15-,17?,18-,19+,20?,21?,22?,23?/m1/s1. The molecule has 130 valence electrons. The summed E-state index contributed by atoms with van der Waals surface area (Å²) in [7, 11) is 0. The van der Waals surface area contributed by atoms with E-state index in [0.29, 0.717) is 0 Å². The van der Waals surface area contributed by atoms with Gasteiger partial charge >= 0.3 is 0 Å². The third-order valence-corrected chi connectivity index (χ3v) is 9.35. The van der Waals surface area contributed by atoms with Crippen LogP contribution in [0.5, 0.6) is 0 Å². The van der Waals surface area contributed by atoms with Crippen LogP contribution in [0.1, 0.15) is 72.6 Å². The van der Waals surface area contributed by atoms with Gasteiger partial charge in [-0.1, -0.05) is 65.5 Å². The first kappa shape index (κ1) is 16.2. The van der Waals surface area contributed by atoms with Crippen molar-refractivity contribution in [3.8, 4) is 0 Å². The molecule has 0 bridgehead atoms. The van der Waals surface area contributed by atoms with E-state index in [0.717, 1.165) is 59.2 Å². The molecule has 0 amide bonds. The molecule has 0 nitrogen and oxygen atoms in total. The van der Waals surface area contributed by atoms with Crippen LogP contribution < -0.4 is 0 Å². The minimum Gasteiger partial charge on any atom is -0.0993 e. The highest BCUT2D eigenvalue weighted by Crippen LogP contribution is 2.64. The first-order valence-corrected chi connectivity index (χ1v) is 10.7. The fourth-order valence-corrected chi connectivity index (χ4v) is 8.10. The van der Waals surface area contributed by atoms with Crippen LogP contribution >= 0.6 is 0 Å². The number of hydrogen-bond acceptors (Lipinski definition) is 0. The van der Waals surface area contributed by atoms with E-state index in [-0.39, 0.29) is 0 Å². The first-order valence-electron chi connectivity index (χ1n) is 10.7. The summed E-state index contributed by atoms with van der Waals surface area (Å²) in [5.41, 5.74) is 1.70. The zero-order chi connectivity index (χ0) is 16.3. The van der Waals surface area contributed by atoms with Gasteiger partial charge in [-0.3, -0.25) is 0 Å². The lowest BCUT2D eigenvalue weighted by Crippen LogP contribution is -2.41. The van der Waals surface area contributed by atoms with Crippen LogP contribution in [-0.4, -0.2) is 0 Å². The van der Waals surface area contributed by atoms with Gasteiger partial charge in [0.1, 0.15) is 0 Å². The molecule has 0 aliphatic heterocycles. The maximum absolute atomic E-state index is 4.75. The lowest BCUT2D eigenvalue weighted by Gasteiger charge is -2.48. The van der Waals surface area contributed by atoms with E-state index in [2.05, 4.69) is 27.7 Å². The summed E-state index contributed by atoms with van der Waals surface area (Å²) in [6.07, 6.45) is 10.5. The second kappa shape index (κ2) is 5.92. The summed E-state index contributed by atoms with van der Waals surface area (Å²) < 4.78 is 0. The minimum absolute atomic E-state index is 0.852. The van der Waals surface area contributed by atoms with Gasteiger partial charge in [0.25, 0.3) is 0 Å². The second-order valence-corrected chi connectivity index (χ2v) is 9.88. The molecule has 0 heterocycles. The molecule has 10 atom stereocenters. The summed E-state index contributed by atoms with van der Waals surface area (Å²) >= 11 is 0. The smallest absolute Gasteiger partial charge is 0.0143 e. The van der Waals surface area contributed by atoms with Crippen LogP contribution in [0.15, 0.2) is 12.2 Å². The van der Waals surface area contributed by atoms with E-state index in [1.807, 2.05) is 0 Å². The minimum atomic E-state index is 0.852. The van der Waals surface area contributed by atoms with Crippen molar-refractivity contribution in [1.82, 2.24) is 0 Å². The normalized spacial score (nSPS) is 55.9. The van der Waals surface area contributed by atoms with E-state index in [9.17, 15) is 0 Å². The fraction of sp³-hybridized carbons (Fsp3) is 0.913. The highest BCUT2D eigenvalue weighted by atomic mass is 14.6. The van der Waals surface area contributed by atoms with Crippen LogP contribution in [0, 0.1) is 59.2 Å². The molecule has 4 aliphatic rings. The maximum atomic E-state index is 4.75. The third kappa shape index (κ3) is 2.30. The lowest BCUT2D eigenvalue weighted by atomic mass is 9.56. The van der Waals surface area contributed by atoms with Gasteiger partial charge in [0.05, 0.1) is 0 Å². The van der Waals surface area contributed by atoms with Crippen LogP contribution in [0.4, 0.5) is 0 Å². The van der Waals surface area contributed by atoms with Gasteiger partial charge in [0.2, 0.25) is 0 Å². The molecule has 7 unspecified atom stereocenters. The van der Waals surface area contributed by atoms with Crippen molar-refractivity contribution in [2.24, 2.45) is 59.2 Å². The Morgan fingerprint density at radius 2 is 1.48 bits per heavy atom. The van der Waals surface area contributed by atoms with E-state index in [1.54, 1.807) is 12.0 Å². The van der Waals surface area contributed by atoms with Crippen molar-refractivity contribution in [2.75, 3.05) is 0 Å². The van der Waals surface area contributed by atoms with E-state index < -0.39 is 0 Å². The quantitative estimate of drug-likeness (QED) is 0.480. The molecular formula is C23H38. The van der Waals surface area contributed by atoms with Crippen molar-refractivity contribution in [3.05, 3.63) is 12.2 Å². The Labute approximate surface area is 144 Å². The largest absolute Gasteiger partial charge is 0.0993 e. The van der Waals surface area contributed by atoms with Crippen LogP contribution in [-0.2, 0) is 0 Å². The Bertz CT molecular complexity index is 463. The van der Waals surface area contributed by atoms with Crippen LogP contribution in [0.2, 0.25) is 0 Å². The van der Waals surface area contributed by atoms with E-state index in [4.69, 9.17) is 6.58 Å². The summed E-state index contributed by atoms with van der Waals surface area (Å²) in [5.74, 6) is 9.43. The molecule has 4 saturated carbocycles. The predicted molar refractivity (Wildman–Crippen MR) is 99.1 cm³/mol. The van der Waals surface area contributed by atoms with Crippen molar-refractivity contribution in [2.45, 2.75) is 72.6 Å². The van der Waals surface area contributed by atoms with E-state index in [1.165, 1.54) is 38.5 Å². The Morgan fingerprint density at radius 3 is 2.22 bits per heavy atom. The second-order valence-electron chi connectivity index (χ2n) is 9.88. The predicted octanol–water partition coefficient (Wildman–Crippen LogP) is 6.57. The molecule has 0 heteroatoms. The van der Waals surface area contributed by atoms with Gasteiger partial charge in [0.15, 0.2) is 0 Å². The molecule has 0 saturated heterocycles. The van der Waals surface area contributed by atoms with E-state index >= 15 is 0 Å². The zero-order valence-electron chi connectivity index (χ0n) is 15.9. The Kier molecular flexibility index (Phi) is 4.18. The van der Waals surface area contributed by atoms with Crippen molar-refractivity contribution in [1.29, 1.82) is 0 Å². The number of hydrogen-bond donors (Lipinski definition) is 0. The SMILES string of the molecule is C=C1C2C(C)C(C)C(CC)CC2C2C[C@H]3CCCC[C@H]3[C@@H](C)C12. The van der Waals surface area contributed by atoms with Gasteiger partial charge in [-0.2, -0.15) is 0 Å². The van der Waals surface area contributed by atoms with Gasteiger partial charge < -0.3 is 0 Å². The molecular weight excluding hydrogens is 276 g/mol. The lowest BCUT2D eigenvalue weighted by molar-refractivity contribution is 0.00487. The summed E-state index contributed by atoms with van der Waals surface area (Å²) in [5, 5.41) is 0. The van der Waals surface area contributed by atoms with Crippen molar-refractivity contribution < 1.29 is 0 Å². The summed E-state index contributed by atoms with van der Waals surface area (Å²) in [6, 6.07) is 0. The average Bonchev–Trinajstić information content (AvgIpc) is 2.83. The summed E-state index contributed by atoms with van der Waals surface area (Å²) in [6.45, 7) is 14.9. The Hall–Kier alpha value is -0.260. The molecule has 4 fully saturated rings. The summed E-state index contributed by atoms with van der Waals surface area (Å²) in [4.78, 5) is 0. The van der Waals surface area contributed by atoms with Crippen LogP contribution in [0.25, 0.3) is 0 Å². The number of rotatable bonds is 1. The fourth-order valence-electron chi connectivity index (χ4n) is 8.10. The molecule has 0 spiro atoms. The average molecular weight is 315 g/mol. The third-order valence-electron chi connectivity index (χ3n) is 9.35. The highest BCUT2D eigenvalue weighted by molar-refractivity contribution is 5.23. The Morgan fingerprint density at radius 1 is 0.826 bits per heavy atom. The molecule has 0 N–H and O–H groups in total. The van der Waals surface area contributed by atoms with Crippen molar-refractivity contribution >= 4 is 0 Å². The zero-order valence-corrected chi connectivity index (χ0v) is 15.9. The van der Waals surface area contributed by atoms with Gasteiger partial charge in [0, 0.05) is 0 Å². The monoisotopic (exact) mass is 314 g/mol. The number of fused-ring (bicyclic) bond motifs is 4. The van der Waals surface area contributed by atoms with Gasteiger partial charge in [-0.05, 0) is 78.4 Å². The van der Waals surface area contributed by atoms with Crippen molar-refractivity contribution in [3.63, 3.8) is 0 Å². The molecule has 0 aromatic carbocycles. The molecule has 23 heavy (non-hydrogen) atoms. The molecule has 4 aliphatic carbocycles. The molecule has 0 aromatic rings. The van der Waals surface area contributed by atoms with Gasteiger partial charge in [-0.15, -0.1) is 0 Å². The Balaban J connectivity index is 1.65. The number of allylic oxidation sites excluding steroid dienone is 1. The first-order chi connectivity index (χ1) is 11.0. The highest BCUT2D eigenvalue weighted by Gasteiger charge is 2.57. The maximum Gasteiger partial charge on any atom is -0.0143 e. The molecule has 0 aromatic heterocycles. The molecule has 4 rings (SSSR count). The topological polar surface area (TPSA) is 0 Å².